The lowest BCUT2D eigenvalue weighted by molar-refractivity contribution is -0.124. The van der Waals surface area contributed by atoms with Crippen LogP contribution in [0.15, 0.2) is 47.5 Å². The maximum Gasteiger partial charge on any atom is 0.405 e. The van der Waals surface area contributed by atoms with Crippen LogP contribution in [0.5, 0.6) is 0 Å². The lowest BCUT2D eigenvalue weighted by Crippen LogP contribution is -2.45. The first kappa shape index (κ1) is 19.5. The van der Waals surface area contributed by atoms with Crippen LogP contribution in [0.25, 0.3) is 20.7 Å². The van der Waals surface area contributed by atoms with Crippen LogP contribution in [0.1, 0.15) is 0 Å². The van der Waals surface area contributed by atoms with Gasteiger partial charge < -0.3 is 5.32 Å². The Morgan fingerprint density at radius 1 is 1.18 bits per heavy atom. The molecule has 0 unspecified atom stereocenters. The largest absolute Gasteiger partial charge is 0.405 e. The van der Waals surface area contributed by atoms with Crippen LogP contribution in [-0.4, -0.2) is 34.2 Å². The minimum absolute atomic E-state index is 0.329. The van der Waals surface area contributed by atoms with Crippen LogP contribution in [-0.2, 0) is 11.3 Å². The van der Waals surface area contributed by atoms with Gasteiger partial charge in [0.05, 0.1) is 11.8 Å². The average Bonchev–Trinajstić information content (AvgIpc) is 3.08. The molecule has 2 N–H and O–H groups in total. The van der Waals surface area contributed by atoms with E-state index >= 15 is 0 Å². The molecule has 0 saturated heterocycles. The summed E-state index contributed by atoms with van der Waals surface area (Å²) in [5.74, 6) is -0.942. The Kier molecular flexibility index (Phi) is 5.45. The number of hydrogen-bond donors (Lipinski definition) is 2. The molecule has 2 aromatic heterocycles. The molecular weight excluding hydrogens is 397 g/mol. The monoisotopic (exact) mass is 410 g/mol. The molecule has 0 spiro atoms. The molecule has 28 heavy (non-hydrogen) atoms. The number of alkyl halides is 3. The normalized spacial score (nSPS) is 11.4. The molecule has 0 aliphatic heterocycles. The Hall–Kier alpha value is -3.21. The molecule has 3 amide bonds. The SMILES string of the molecule is O=C(Cn1cnc2cc(-c3ccccc3)sc2c1=O)NC(=O)NCC(F)(F)F. The molecule has 0 bridgehead atoms. The predicted octanol–water partition coefficient (Wildman–Crippen LogP) is 2.51. The van der Waals surface area contributed by atoms with E-state index < -0.39 is 36.8 Å². The third-order valence-corrected chi connectivity index (χ3v) is 4.74. The molecule has 7 nitrogen and oxygen atoms in total. The first-order chi connectivity index (χ1) is 13.2. The minimum atomic E-state index is -4.60. The molecule has 3 aromatic rings. The van der Waals surface area contributed by atoms with Crippen molar-refractivity contribution in [2.24, 2.45) is 0 Å². The van der Waals surface area contributed by atoms with Gasteiger partial charge in [-0.15, -0.1) is 11.3 Å². The first-order valence-corrected chi connectivity index (χ1v) is 8.73. The second-order valence-corrected chi connectivity index (χ2v) is 6.77. The van der Waals surface area contributed by atoms with Gasteiger partial charge in [-0.25, -0.2) is 9.78 Å². The van der Waals surface area contributed by atoms with Gasteiger partial charge in [-0.05, 0) is 11.6 Å². The number of halogens is 3. The molecule has 11 heteroatoms. The van der Waals surface area contributed by atoms with E-state index in [0.717, 1.165) is 21.3 Å². The lowest BCUT2D eigenvalue weighted by Gasteiger charge is -2.09. The van der Waals surface area contributed by atoms with Crippen LogP contribution in [0.4, 0.5) is 18.0 Å². The summed E-state index contributed by atoms with van der Waals surface area (Å²) in [6, 6.07) is 9.81. The number of nitrogens with one attached hydrogen (secondary N) is 2. The van der Waals surface area contributed by atoms with Crippen molar-refractivity contribution >= 4 is 33.5 Å². The minimum Gasteiger partial charge on any atom is -0.329 e. The summed E-state index contributed by atoms with van der Waals surface area (Å²) >= 11 is 1.21. The fourth-order valence-corrected chi connectivity index (χ4v) is 3.41. The van der Waals surface area contributed by atoms with Crippen LogP contribution in [0.3, 0.4) is 0 Å². The van der Waals surface area contributed by atoms with Gasteiger partial charge in [0.2, 0.25) is 5.91 Å². The summed E-state index contributed by atoms with van der Waals surface area (Å²) in [5, 5.41) is 3.24. The third-order valence-electron chi connectivity index (χ3n) is 3.58. The van der Waals surface area contributed by atoms with Gasteiger partial charge in [-0.2, -0.15) is 13.2 Å². The van der Waals surface area contributed by atoms with Crippen molar-refractivity contribution in [1.82, 2.24) is 20.2 Å². The van der Waals surface area contributed by atoms with Gasteiger partial charge in [0.1, 0.15) is 17.8 Å². The molecule has 0 radical (unpaired) electrons. The Labute approximate surface area is 159 Å². The molecular formula is C17H13F3N4O3S. The highest BCUT2D eigenvalue weighted by Gasteiger charge is 2.28. The zero-order valence-electron chi connectivity index (χ0n) is 14.1. The second kappa shape index (κ2) is 7.80. The lowest BCUT2D eigenvalue weighted by atomic mass is 10.2. The Balaban J connectivity index is 1.73. The zero-order chi connectivity index (χ0) is 20.3. The number of benzene rings is 1. The summed E-state index contributed by atoms with van der Waals surface area (Å²) in [6.07, 6.45) is -3.44. The highest BCUT2D eigenvalue weighted by molar-refractivity contribution is 7.22. The van der Waals surface area contributed by atoms with Crippen molar-refractivity contribution < 1.29 is 22.8 Å². The molecule has 0 saturated carbocycles. The summed E-state index contributed by atoms with van der Waals surface area (Å²) in [4.78, 5) is 40.6. The van der Waals surface area contributed by atoms with Crippen LogP contribution in [0.2, 0.25) is 0 Å². The molecule has 146 valence electrons. The van der Waals surface area contributed by atoms with Gasteiger partial charge in [-0.1, -0.05) is 30.3 Å². The number of nitrogens with zero attached hydrogens (tertiary/aromatic N) is 2. The Morgan fingerprint density at radius 2 is 1.89 bits per heavy atom. The Morgan fingerprint density at radius 3 is 2.57 bits per heavy atom. The van der Waals surface area contributed by atoms with E-state index in [9.17, 15) is 27.6 Å². The number of urea groups is 1. The van der Waals surface area contributed by atoms with E-state index in [0.29, 0.717) is 10.2 Å². The van der Waals surface area contributed by atoms with Crippen molar-refractivity contribution in [3.05, 3.63) is 53.1 Å². The van der Waals surface area contributed by atoms with Gasteiger partial charge in [0, 0.05) is 4.88 Å². The third kappa shape index (κ3) is 4.74. The second-order valence-electron chi connectivity index (χ2n) is 5.71. The number of aromatic nitrogens is 2. The number of hydrogen-bond acceptors (Lipinski definition) is 5. The fourth-order valence-electron chi connectivity index (χ4n) is 2.35. The number of thiophene rings is 1. The standard InChI is InChI=1S/C17H13F3N4O3S/c18-17(19,20)8-21-16(27)23-13(25)7-24-9-22-11-6-12(28-14(11)15(24)26)10-4-2-1-3-5-10/h1-6,9H,7-8H2,(H2,21,23,25,27). The van der Waals surface area contributed by atoms with E-state index in [-0.39, 0.29) is 0 Å². The molecule has 2 heterocycles. The number of amides is 3. The molecule has 1 aromatic carbocycles. The van der Waals surface area contributed by atoms with Crippen molar-refractivity contribution in [2.75, 3.05) is 6.54 Å². The molecule has 0 aliphatic rings. The molecule has 0 atom stereocenters. The van der Waals surface area contributed by atoms with Crippen molar-refractivity contribution in [3.8, 4) is 10.4 Å². The number of carbonyl (C=O) groups excluding carboxylic acids is 2. The van der Waals surface area contributed by atoms with E-state index in [1.807, 2.05) is 30.3 Å². The van der Waals surface area contributed by atoms with Crippen LogP contribution < -0.4 is 16.2 Å². The van der Waals surface area contributed by atoms with E-state index in [1.54, 1.807) is 11.4 Å². The average molecular weight is 410 g/mol. The number of imide groups is 1. The van der Waals surface area contributed by atoms with Crippen LogP contribution >= 0.6 is 11.3 Å². The smallest absolute Gasteiger partial charge is 0.329 e. The molecule has 0 aliphatic carbocycles. The molecule has 0 fully saturated rings. The summed E-state index contributed by atoms with van der Waals surface area (Å²) in [5.41, 5.74) is 0.895. The van der Waals surface area contributed by atoms with Gasteiger partial charge in [0.15, 0.2) is 0 Å². The fraction of sp³-hybridized carbons (Fsp3) is 0.176. The highest BCUT2D eigenvalue weighted by atomic mass is 32.1. The quantitative estimate of drug-likeness (QED) is 0.691. The van der Waals surface area contributed by atoms with Crippen molar-refractivity contribution in [1.29, 1.82) is 0 Å². The van der Waals surface area contributed by atoms with Gasteiger partial charge >= 0.3 is 12.2 Å². The maximum absolute atomic E-state index is 12.6. The Bertz CT molecular complexity index is 1080. The summed E-state index contributed by atoms with van der Waals surface area (Å²) in [6.45, 7) is -2.13. The van der Waals surface area contributed by atoms with E-state index in [2.05, 4.69) is 4.98 Å². The topological polar surface area (TPSA) is 93.1 Å². The zero-order valence-corrected chi connectivity index (χ0v) is 14.9. The number of rotatable bonds is 4. The van der Waals surface area contributed by atoms with Crippen molar-refractivity contribution in [3.63, 3.8) is 0 Å². The summed E-state index contributed by atoms with van der Waals surface area (Å²) in [7, 11) is 0. The van der Waals surface area contributed by atoms with Gasteiger partial charge in [0.25, 0.3) is 5.56 Å². The molecule has 3 rings (SSSR count). The van der Waals surface area contributed by atoms with E-state index in [4.69, 9.17) is 0 Å². The first-order valence-electron chi connectivity index (χ1n) is 7.92. The number of fused-ring (bicyclic) bond motifs is 1. The van der Waals surface area contributed by atoms with Crippen molar-refractivity contribution in [2.45, 2.75) is 12.7 Å². The van der Waals surface area contributed by atoms with E-state index in [1.165, 1.54) is 16.7 Å². The van der Waals surface area contributed by atoms with Crippen LogP contribution in [0, 0.1) is 0 Å². The highest BCUT2D eigenvalue weighted by Crippen LogP contribution is 2.30. The predicted molar refractivity (Wildman–Crippen MR) is 96.9 cm³/mol. The maximum atomic E-state index is 12.6. The summed E-state index contributed by atoms with van der Waals surface area (Å²) < 4.78 is 37.5. The van der Waals surface area contributed by atoms with Gasteiger partial charge in [-0.3, -0.25) is 19.5 Å². The number of carbonyl (C=O) groups is 2.